The van der Waals surface area contributed by atoms with E-state index in [2.05, 4.69) is 22.0 Å². The Balaban J connectivity index is 2.07. The van der Waals surface area contributed by atoms with Gasteiger partial charge in [-0.05, 0) is 46.1 Å². The summed E-state index contributed by atoms with van der Waals surface area (Å²) in [6.45, 7) is 2.01. The standard InChI is InChI=1S/C14H15BrClNO2/c1-19-9-10-4-6-17(7-5-10)14(18)11-2-3-13(16)12(15)8-11/h2-4,8H,5-7,9H2,1H3. The zero-order valence-corrected chi connectivity index (χ0v) is 13.0. The number of carbonyl (C=O) groups is 1. The summed E-state index contributed by atoms with van der Waals surface area (Å²) in [5, 5.41) is 0.609. The van der Waals surface area contributed by atoms with Gasteiger partial charge in [-0.25, -0.2) is 0 Å². The molecule has 0 atom stereocenters. The van der Waals surface area contributed by atoms with Crippen LogP contribution in [-0.2, 0) is 4.74 Å². The van der Waals surface area contributed by atoms with Crippen molar-refractivity contribution in [2.24, 2.45) is 0 Å². The summed E-state index contributed by atoms with van der Waals surface area (Å²) in [5.41, 5.74) is 1.91. The molecule has 0 N–H and O–H groups in total. The molecule has 1 aliphatic heterocycles. The van der Waals surface area contributed by atoms with Crippen molar-refractivity contribution in [1.82, 2.24) is 4.90 Å². The van der Waals surface area contributed by atoms with Crippen LogP contribution in [0.5, 0.6) is 0 Å². The SMILES string of the molecule is COCC1=CCN(C(=O)c2ccc(Cl)c(Br)c2)CC1. The summed E-state index contributed by atoms with van der Waals surface area (Å²) in [7, 11) is 1.68. The predicted molar refractivity (Wildman–Crippen MR) is 79.6 cm³/mol. The Hall–Kier alpha value is -0.840. The van der Waals surface area contributed by atoms with Crippen LogP contribution in [0.4, 0.5) is 0 Å². The molecule has 1 aromatic rings. The van der Waals surface area contributed by atoms with E-state index in [9.17, 15) is 4.79 Å². The zero-order chi connectivity index (χ0) is 13.8. The van der Waals surface area contributed by atoms with E-state index in [0.717, 1.165) is 17.4 Å². The van der Waals surface area contributed by atoms with Crippen molar-refractivity contribution in [3.63, 3.8) is 0 Å². The monoisotopic (exact) mass is 343 g/mol. The first-order valence-electron chi connectivity index (χ1n) is 6.03. The third-order valence-electron chi connectivity index (χ3n) is 3.09. The van der Waals surface area contributed by atoms with Gasteiger partial charge in [0, 0.05) is 30.2 Å². The summed E-state index contributed by atoms with van der Waals surface area (Å²) in [6, 6.07) is 5.25. The highest BCUT2D eigenvalue weighted by Crippen LogP contribution is 2.24. The quantitative estimate of drug-likeness (QED) is 0.785. The Bertz CT molecular complexity index is 516. The molecule has 0 bridgehead atoms. The van der Waals surface area contributed by atoms with E-state index < -0.39 is 0 Å². The van der Waals surface area contributed by atoms with Gasteiger partial charge >= 0.3 is 0 Å². The van der Waals surface area contributed by atoms with Crippen LogP contribution in [-0.4, -0.2) is 37.6 Å². The maximum atomic E-state index is 12.3. The van der Waals surface area contributed by atoms with Crippen LogP contribution in [0, 0.1) is 0 Å². The first kappa shape index (κ1) is 14.6. The highest BCUT2D eigenvalue weighted by molar-refractivity contribution is 9.10. The molecular formula is C14H15BrClNO2. The van der Waals surface area contributed by atoms with Crippen LogP contribution < -0.4 is 0 Å². The minimum Gasteiger partial charge on any atom is -0.380 e. The number of ether oxygens (including phenoxy) is 1. The lowest BCUT2D eigenvalue weighted by atomic mass is 10.1. The third-order valence-corrected chi connectivity index (χ3v) is 4.30. The Labute approximate surface area is 126 Å². The first-order valence-corrected chi connectivity index (χ1v) is 7.20. The van der Waals surface area contributed by atoms with Gasteiger partial charge in [0.05, 0.1) is 11.6 Å². The molecule has 1 aromatic carbocycles. The Kier molecular flexibility index (Phi) is 5.02. The Morgan fingerprint density at radius 3 is 2.89 bits per heavy atom. The van der Waals surface area contributed by atoms with Gasteiger partial charge < -0.3 is 9.64 Å². The molecule has 0 unspecified atom stereocenters. The first-order chi connectivity index (χ1) is 9.11. The second-order valence-corrected chi connectivity index (χ2v) is 5.69. The highest BCUT2D eigenvalue weighted by atomic mass is 79.9. The topological polar surface area (TPSA) is 29.5 Å². The van der Waals surface area contributed by atoms with Crippen LogP contribution in [0.2, 0.25) is 5.02 Å². The van der Waals surface area contributed by atoms with Crippen molar-refractivity contribution in [3.05, 3.63) is 44.9 Å². The number of amides is 1. The fourth-order valence-electron chi connectivity index (χ4n) is 2.02. The molecule has 0 fully saturated rings. The van der Waals surface area contributed by atoms with E-state index in [4.69, 9.17) is 16.3 Å². The molecule has 5 heteroatoms. The molecule has 1 heterocycles. The van der Waals surface area contributed by atoms with Gasteiger partial charge in [-0.1, -0.05) is 17.7 Å². The van der Waals surface area contributed by atoms with Crippen molar-refractivity contribution in [2.75, 3.05) is 26.8 Å². The average Bonchev–Trinajstić information content (AvgIpc) is 2.42. The average molecular weight is 345 g/mol. The van der Waals surface area contributed by atoms with Gasteiger partial charge in [0.1, 0.15) is 0 Å². The lowest BCUT2D eigenvalue weighted by molar-refractivity contribution is 0.0765. The molecule has 0 aromatic heterocycles. The fraction of sp³-hybridized carbons (Fsp3) is 0.357. The van der Waals surface area contributed by atoms with Crippen molar-refractivity contribution in [1.29, 1.82) is 0 Å². The largest absolute Gasteiger partial charge is 0.380 e. The molecule has 0 spiro atoms. The Morgan fingerprint density at radius 2 is 2.32 bits per heavy atom. The minimum atomic E-state index is 0.0325. The summed E-state index contributed by atoms with van der Waals surface area (Å²) >= 11 is 9.27. The van der Waals surface area contributed by atoms with Crippen LogP contribution in [0.1, 0.15) is 16.8 Å². The molecular weight excluding hydrogens is 330 g/mol. The predicted octanol–water partition coefficient (Wildman–Crippen LogP) is 3.52. The molecule has 0 aliphatic carbocycles. The van der Waals surface area contributed by atoms with E-state index in [1.807, 2.05) is 4.90 Å². The molecule has 2 rings (SSSR count). The lowest BCUT2D eigenvalue weighted by Gasteiger charge is -2.26. The third kappa shape index (κ3) is 3.59. The smallest absolute Gasteiger partial charge is 0.254 e. The molecule has 3 nitrogen and oxygen atoms in total. The number of nitrogens with zero attached hydrogens (tertiary/aromatic N) is 1. The highest BCUT2D eigenvalue weighted by Gasteiger charge is 2.19. The van der Waals surface area contributed by atoms with Gasteiger partial charge in [0.2, 0.25) is 0 Å². The van der Waals surface area contributed by atoms with Crippen molar-refractivity contribution < 1.29 is 9.53 Å². The molecule has 0 saturated heterocycles. The summed E-state index contributed by atoms with van der Waals surface area (Å²) in [6.07, 6.45) is 2.93. The number of methoxy groups -OCH3 is 1. The van der Waals surface area contributed by atoms with E-state index in [-0.39, 0.29) is 5.91 Å². The van der Waals surface area contributed by atoms with Crippen molar-refractivity contribution in [2.45, 2.75) is 6.42 Å². The maximum Gasteiger partial charge on any atom is 0.254 e. The van der Waals surface area contributed by atoms with Gasteiger partial charge in [0.15, 0.2) is 0 Å². The second-order valence-electron chi connectivity index (χ2n) is 4.43. The molecule has 1 amide bonds. The van der Waals surface area contributed by atoms with Gasteiger partial charge in [-0.15, -0.1) is 0 Å². The van der Waals surface area contributed by atoms with Crippen LogP contribution in [0.3, 0.4) is 0 Å². The zero-order valence-electron chi connectivity index (χ0n) is 10.7. The summed E-state index contributed by atoms with van der Waals surface area (Å²) < 4.78 is 5.84. The summed E-state index contributed by atoms with van der Waals surface area (Å²) in [4.78, 5) is 14.2. The van der Waals surface area contributed by atoms with Crippen molar-refractivity contribution in [3.8, 4) is 0 Å². The van der Waals surface area contributed by atoms with Crippen LogP contribution in [0.25, 0.3) is 0 Å². The second kappa shape index (κ2) is 6.55. The van der Waals surface area contributed by atoms with E-state index in [0.29, 0.717) is 23.7 Å². The number of benzene rings is 1. The molecule has 19 heavy (non-hydrogen) atoms. The minimum absolute atomic E-state index is 0.0325. The van der Waals surface area contributed by atoms with Gasteiger partial charge in [-0.2, -0.15) is 0 Å². The van der Waals surface area contributed by atoms with Crippen LogP contribution >= 0.6 is 27.5 Å². The van der Waals surface area contributed by atoms with E-state index in [1.54, 1.807) is 25.3 Å². The number of hydrogen-bond acceptors (Lipinski definition) is 2. The van der Waals surface area contributed by atoms with Gasteiger partial charge in [0.25, 0.3) is 5.91 Å². The maximum absolute atomic E-state index is 12.3. The normalized spacial score (nSPS) is 15.3. The number of rotatable bonds is 3. The van der Waals surface area contributed by atoms with Gasteiger partial charge in [-0.3, -0.25) is 4.79 Å². The van der Waals surface area contributed by atoms with Crippen LogP contribution in [0.15, 0.2) is 34.3 Å². The fourth-order valence-corrected chi connectivity index (χ4v) is 2.52. The van der Waals surface area contributed by atoms with Crippen molar-refractivity contribution >= 4 is 33.4 Å². The molecule has 0 saturated carbocycles. The molecule has 102 valence electrons. The number of halogens is 2. The molecule has 1 aliphatic rings. The lowest BCUT2D eigenvalue weighted by Crippen LogP contribution is -2.35. The number of carbonyl (C=O) groups excluding carboxylic acids is 1. The van der Waals surface area contributed by atoms with E-state index >= 15 is 0 Å². The Morgan fingerprint density at radius 1 is 1.53 bits per heavy atom. The van der Waals surface area contributed by atoms with E-state index in [1.165, 1.54) is 5.57 Å². The summed E-state index contributed by atoms with van der Waals surface area (Å²) in [5.74, 6) is 0.0325. The molecule has 0 radical (unpaired) electrons. The number of hydrogen-bond donors (Lipinski definition) is 0.